The minimum atomic E-state index is -0.586. The van der Waals surface area contributed by atoms with Gasteiger partial charge in [0.1, 0.15) is 0 Å². The number of aliphatic hydroxyl groups excluding tert-OH is 1. The lowest BCUT2D eigenvalue weighted by Crippen LogP contribution is -2.38. The van der Waals surface area contributed by atoms with Crippen LogP contribution in [0.3, 0.4) is 0 Å². The minimum Gasteiger partial charge on any atom is -0.387 e. The average molecular weight is 378 g/mol. The molecule has 3 N–H and O–H groups in total. The number of fused-ring (bicyclic) bond motifs is 1. The third kappa shape index (κ3) is 3.34. The molecule has 144 valence electrons. The summed E-state index contributed by atoms with van der Waals surface area (Å²) in [5.74, 6) is -0.0192. The van der Waals surface area contributed by atoms with Crippen LogP contribution in [0.5, 0.6) is 0 Å². The summed E-state index contributed by atoms with van der Waals surface area (Å²) in [5, 5.41) is 14.5. The minimum absolute atomic E-state index is 0.130. The third-order valence-electron chi connectivity index (χ3n) is 4.92. The Morgan fingerprint density at radius 1 is 1.29 bits per heavy atom. The molecule has 8 nitrogen and oxygen atoms in total. The summed E-state index contributed by atoms with van der Waals surface area (Å²) in [5.41, 5.74) is 9.08. The molecule has 0 aliphatic carbocycles. The van der Waals surface area contributed by atoms with Crippen LogP contribution in [0.15, 0.2) is 42.6 Å². The van der Waals surface area contributed by atoms with Crippen molar-refractivity contribution in [2.45, 2.75) is 32.5 Å². The summed E-state index contributed by atoms with van der Waals surface area (Å²) in [6, 6.07) is 11.3. The number of hydrogen-bond acceptors (Lipinski definition) is 6. The van der Waals surface area contributed by atoms with E-state index < -0.39 is 6.10 Å². The summed E-state index contributed by atoms with van der Waals surface area (Å²) in [6.45, 7) is 3.42. The normalized spacial score (nSPS) is 14.6. The molecule has 28 heavy (non-hydrogen) atoms. The Bertz CT molecular complexity index is 1000. The molecule has 1 amide bonds. The van der Waals surface area contributed by atoms with Gasteiger partial charge < -0.3 is 15.7 Å². The van der Waals surface area contributed by atoms with Crippen LogP contribution in [0, 0.1) is 0 Å². The Labute approximate surface area is 162 Å². The molecule has 3 heterocycles. The molecule has 1 aliphatic heterocycles. The standard InChI is InChI=1S/C20H22N6O2/c1-2-17(27)16-10-14-12-25(8-9-26(14)24-16)19(28)15-11-22-20(21)23-18(15)13-6-4-3-5-7-13/h3-7,10-11,17,27H,2,8-9,12H2,1H3,(H2,21,22,23)/t17-/m0/s1. The Morgan fingerprint density at radius 2 is 2.07 bits per heavy atom. The van der Waals surface area contributed by atoms with Crippen molar-refractivity contribution in [2.75, 3.05) is 12.3 Å². The first-order chi connectivity index (χ1) is 13.6. The van der Waals surface area contributed by atoms with E-state index >= 15 is 0 Å². The fourth-order valence-corrected chi connectivity index (χ4v) is 3.37. The number of carbonyl (C=O) groups excluding carboxylic acids is 1. The highest BCUT2D eigenvalue weighted by molar-refractivity contribution is 5.99. The highest BCUT2D eigenvalue weighted by atomic mass is 16.3. The van der Waals surface area contributed by atoms with Crippen LogP contribution in [0.2, 0.25) is 0 Å². The number of aliphatic hydroxyl groups is 1. The fourth-order valence-electron chi connectivity index (χ4n) is 3.37. The van der Waals surface area contributed by atoms with Crippen LogP contribution in [0.4, 0.5) is 5.95 Å². The maximum atomic E-state index is 13.2. The molecule has 0 fully saturated rings. The van der Waals surface area contributed by atoms with Crippen LogP contribution < -0.4 is 5.73 Å². The Kier molecular flexibility index (Phi) is 4.79. The van der Waals surface area contributed by atoms with E-state index in [4.69, 9.17) is 5.73 Å². The summed E-state index contributed by atoms with van der Waals surface area (Å²) < 4.78 is 1.86. The molecule has 1 aromatic carbocycles. The zero-order valence-electron chi connectivity index (χ0n) is 15.6. The average Bonchev–Trinajstić information content (AvgIpc) is 3.16. The van der Waals surface area contributed by atoms with Gasteiger partial charge in [-0.25, -0.2) is 9.97 Å². The van der Waals surface area contributed by atoms with Gasteiger partial charge in [-0.05, 0) is 12.5 Å². The van der Waals surface area contributed by atoms with Crippen molar-refractivity contribution in [3.05, 3.63) is 59.5 Å². The van der Waals surface area contributed by atoms with Gasteiger partial charge in [-0.2, -0.15) is 5.10 Å². The SMILES string of the molecule is CC[C@H](O)c1cc2n(n1)CCN(C(=O)c1cnc(N)nc1-c1ccccc1)C2. The van der Waals surface area contributed by atoms with E-state index in [0.717, 1.165) is 11.3 Å². The van der Waals surface area contributed by atoms with Crippen molar-refractivity contribution in [3.63, 3.8) is 0 Å². The van der Waals surface area contributed by atoms with Crippen molar-refractivity contribution < 1.29 is 9.90 Å². The van der Waals surface area contributed by atoms with Crippen molar-refractivity contribution in [1.29, 1.82) is 0 Å². The molecule has 0 bridgehead atoms. The summed E-state index contributed by atoms with van der Waals surface area (Å²) in [4.78, 5) is 23.3. The first kappa shape index (κ1) is 18.1. The zero-order valence-corrected chi connectivity index (χ0v) is 15.6. The van der Waals surface area contributed by atoms with Crippen molar-refractivity contribution in [1.82, 2.24) is 24.6 Å². The third-order valence-corrected chi connectivity index (χ3v) is 4.92. The number of anilines is 1. The van der Waals surface area contributed by atoms with Gasteiger partial charge >= 0.3 is 0 Å². The maximum absolute atomic E-state index is 13.2. The van der Waals surface area contributed by atoms with E-state index in [0.29, 0.717) is 43.0 Å². The zero-order chi connectivity index (χ0) is 19.7. The number of nitrogens with two attached hydrogens (primary N) is 1. The molecule has 4 rings (SSSR count). The number of rotatable bonds is 4. The van der Waals surface area contributed by atoms with Crippen LogP contribution in [0.25, 0.3) is 11.3 Å². The van der Waals surface area contributed by atoms with Crippen molar-refractivity contribution in [2.24, 2.45) is 0 Å². The second kappa shape index (κ2) is 7.40. The lowest BCUT2D eigenvalue weighted by molar-refractivity contribution is 0.0705. The molecular weight excluding hydrogens is 356 g/mol. The highest BCUT2D eigenvalue weighted by Crippen LogP contribution is 2.25. The highest BCUT2D eigenvalue weighted by Gasteiger charge is 2.27. The van der Waals surface area contributed by atoms with Gasteiger partial charge in [-0.1, -0.05) is 37.3 Å². The topological polar surface area (TPSA) is 110 Å². The first-order valence-electron chi connectivity index (χ1n) is 9.28. The van der Waals surface area contributed by atoms with Crippen molar-refractivity contribution >= 4 is 11.9 Å². The van der Waals surface area contributed by atoms with Gasteiger partial charge in [0.15, 0.2) is 0 Å². The molecule has 0 radical (unpaired) electrons. The number of nitrogens with zero attached hydrogens (tertiary/aromatic N) is 5. The lowest BCUT2D eigenvalue weighted by Gasteiger charge is -2.28. The van der Waals surface area contributed by atoms with E-state index in [1.165, 1.54) is 6.20 Å². The number of aromatic nitrogens is 4. The molecule has 3 aromatic rings. The van der Waals surface area contributed by atoms with E-state index in [-0.39, 0.29) is 11.9 Å². The van der Waals surface area contributed by atoms with E-state index in [1.54, 1.807) is 4.90 Å². The van der Waals surface area contributed by atoms with Gasteiger partial charge in [0.05, 0.1) is 41.8 Å². The predicted molar refractivity (Wildman–Crippen MR) is 104 cm³/mol. The summed E-state index contributed by atoms with van der Waals surface area (Å²) in [6.07, 6.45) is 1.51. The van der Waals surface area contributed by atoms with Gasteiger partial charge in [-0.3, -0.25) is 9.48 Å². The van der Waals surface area contributed by atoms with Gasteiger partial charge in [0.2, 0.25) is 5.95 Å². The smallest absolute Gasteiger partial charge is 0.258 e. The number of nitrogen functional groups attached to an aromatic ring is 1. The van der Waals surface area contributed by atoms with E-state index in [1.807, 2.05) is 48.0 Å². The van der Waals surface area contributed by atoms with Crippen LogP contribution in [0.1, 0.15) is 41.2 Å². The van der Waals surface area contributed by atoms with Crippen LogP contribution >= 0.6 is 0 Å². The summed E-state index contributed by atoms with van der Waals surface area (Å²) in [7, 11) is 0. The summed E-state index contributed by atoms with van der Waals surface area (Å²) >= 11 is 0. The number of amides is 1. The van der Waals surface area contributed by atoms with Gasteiger partial charge in [-0.15, -0.1) is 0 Å². The predicted octanol–water partition coefficient (Wildman–Crippen LogP) is 2.02. The molecule has 8 heteroatoms. The van der Waals surface area contributed by atoms with Gasteiger partial charge in [0, 0.05) is 18.3 Å². The molecular formula is C20H22N6O2. The molecule has 0 saturated heterocycles. The molecule has 1 atom stereocenters. The molecule has 0 saturated carbocycles. The number of benzene rings is 1. The molecule has 0 spiro atoms. The van der Waals surface area contributed by atoms with E-state index in [2.05, 4.69) is 15.1 Å². The molecule has 1 aliphatic rings. The number of hydrogen-bond donors (Lipinski definition) is 2. The largest absolute Gasteiger partial charge is 0.387 e. The second-order valence-corrected chi connectivity index (χ2v) is 6.79. The van der Waals surface area contributed by atoms with Crippen LogP contribution in [-0.2, 0) is 13.1 Å². The van der Waals surface area contributed by atoms with Gasteiger partial charge in [0.25, 0.3) is 5.91 Å². The first-order valence-corrected chi connectivity index (χ1v) is 9.28. The van der Waals surface area contributed by atoms with Crippen LogP contribution in [-0.4, -0.2) is 42.2 Å². The van der Waals surface area contributed by atoms with E-state index in [9.17, 15) is 9.90 Å². The van der Waals surface area contributed by atoms with Crippen molar-refractivity contribution in [3.8, 4) is 11.3 Å². The monoisotopic (exact) mass is 378 g/mol. The quantitative estimate of drug-likeness (QED) is 0.719. The fraction of sp³-hybridized carbons (Fsp3) is 0.300. The lowest BCUT2D eigenvalue weighted by atomic mass is 10.1. The maximum Gasteiger partial charge on any atom is 0.258 e. The Hall–Kier alpha value is -3.26. The Morgan fingerprint density at radius 3 is 2.82 bits per heavy atom. The molecule has 2 aromatic heterocycles. The molecule has 0 unspecified atom stereocenters. The second-order valence-electron chi connectivity index (χ2n) is 6.79. The Balaban J connectivity index is 1.63. The number of carbonyl (C=O) groups is 1.